The van der Waals surface area contributed by atoms with Crippen molar-refractivity contribution >= 4 is 5.69 Å². The van der Waals surface area contributed by atoms with Crippen LogP contribution in [0.25, 0.3) is 0 Å². The molecular weight excluding hydrogens is 246 g/mol. The van der Waals surface area contributed by atoms with E-state index in [9.17, 15) is 0 Å². The first-order chi connectivity index (χ1) is 9.85. The predicted octanol–water partition coefficient (Wildman–Crippen LogP) is 3.80. The zero-order chi connectivity index (χ0) is 13.8. The average molecular weight is 267 g/mol. The molecule has 0 radical (unpaired) electrons. The van der Waals surface area contributed by atoms with Crippen molar-refractivity contribution in [2.45, 2.75) is 31.9 Å². The highest BCUT2D eigenvalue weighted by molar-refractivity contribution is 5.47. The molecule has 2 aromatic carbocycles. The molecule has 0 saturated heterocycles. The number of nitrogens with one attached hydrogen (secondary N) is 1. The van der Waals surface area contributed by atoms with Crippen LogP contribution in [0.2, 0.25) is 0 Å². The Morgan fingerprint density at radius 1 is 1.10 bits per heavy atom. The van der Waals surface area contributed by atoms with Crippen LogP contribution in [-0.2, 0) is 24.2 Å². The van der Waals surface area contributed by atoms with Crippen LogP contribution < -0.4 is 5.32 Å². The molecule has 0 amide bonds. The maximum Gasteiger partial charge on any atom is 0.0713 e. The van der Waals surface area contributed by atoms with E-state index in [0.29, 0.717) is 12.6 Å². The minimum Gasteiger partial charge on any atom is -0.382 e. The fraction of sp³-hybridized carbons (Fsp3) is 0.333. The highest BCUT2D eigenvalue weighted by Gasteiger charge is 2.17. The van der Waals surface area contributed by atoms with Gasteiger partial charge in [-0.3, -0.25) is 0 Å². The van der Waals surface area contributed by atoms with Crippen molar-refractivity contribution in [3.8, 4) is 0 Å². The molecule has 2 heteroatoms. The molecule has 3 rings (SSSR count). The minimum absolute atomic E-state index is 0.530. The molecule has 1 N–H and O–H groups in total. The monoisotopic (exact) mass is 267 g/mol. The highest BCUT2D eigenvalue weighted by atomic mass is 16.5. The minimum atomic E-state index is 0.530. The fourth-order valence-corrected chi connectivity index (χ4v) is 2.97. The zero-order valence-electron chi connectivity index (χ0n) is 11.9. The molecule has 0 spiro atoms. The van der Waals surface area contributed by atoms with Gasteiger partial charge in [-0.05, 0) is 48.1 Å². The third-order valence-electron chi connectivity index (χ3n) is 3.96. The first-order valence-electron chi connectivity index (χ1n) is 7.26. The Kier molecular flexibility index (Phi) is 4.03. The summed E-state index contributed by atoms with van der Waals surface area (Å²) < 4.78 is 5.19. The van der Waals surface area contributed by atoms with Gasteiger partial charge in [-0.2, -0.15) is 0 Å². The number of rotatable bonds is 4. The van der Waals surface area contributed by atoms with E-state index in [4.69, 9.17) is 4.74 Å². The second-order valence-electron chi connectivity index (χ2n) is 5.49. The summed E-state index contributed by atoms with van der Waals surface area (Å²) in [6, 6.07) is 17.8. The SMILES string of the molecule is COCc1cccc(NC2CCc3ccccc3C2)c1. The van der Waals surface area contributed by atoms with Gasteiger partial charge in [0, 0.05) is 18.8 Å². The molecule has 0 saturated carbocycles. The first-order valence-corrected chi connectivity index (χ1v) is 7.26. The molecule has 2 aromatic rings. The Hall–Kier alpha value is -1.80. The van der Waals surface area contributed by atoms with E-state index in [-0.39, 0.29) is 0 Å². The molecule has 1 aliphatic rings. The van der Waals surface area contributed by atoms with Crippen molar-refractivity contribution < 1.29 is 4.74 Å². The lowest BCUT2D eigenvalue weighted by Crippen LogP contribution is -2.27. The smallest absolute Gasteiger partial charge is 0.0713 e. The van der Waals surface area contributed by atoms with Crippen LogP contribution in [0.4, 0.5) is 5.69 Å². The molecule has 0 heterocycles. The summed E-state index contributed by atoms with van der Waals surface area (Å²) in [6.07, 6.45) is 3.49. The maximum atomic E-state index is 5.19. The molecular formula is C18H21NO. The van der Waals surface area contributed by atoms with Crippen LogP contribution in [0, 0.1) is 0 Å². The first kappa shape index (κ1) is 13.2. The fourth-order valence-electron chi connectivity index (χ4n) is 2.97. The van der Waals surface area contributed by atoms with E-state index in [1.165, 1.54) is 35.2 Å². The van der Waals surface area contributed by atoms with Crippen LogP contribution in [0.5, 0.6) is 0 Å². The van der Waals surface area contributed by atoms with Crippen molar-refractivity contribution in [1.82, 2.24) is 0 Å². The standard InChI is InChI=1S/C18H21NO/c1-20-13-14-5-4-8-17(11-14)19-18-10-9-15-6-2-3-7-16(15)12-18/h2-8,11,18-19H,9-10,12-13H2,1H3. The Morgan fingerprint density at radius 3 is 2.80 bits per heavy atom. The van der Waals surface area contributed by atoms with Crippen molar-refractivity contribution in [2.75, 3.05) is 12.4 Å². The Morgan fingerprint density at radius 2 is 1.95 bits per heavy atom. The topological polar surface area (TPSA) is 21.3 Å². The van der Waals surface area contributed by atoms with E-state index in [1.54, 1.807) is 7.11 Å². The Bertz CT molecular complexity index is 579. The van der Waals surface area contributed by atoms with E-state index in [2.05, 4.69) is 53.8 Å². The second kappa shape index (κ2) is 6.10. The third kappa shape index (κ3) is 3.02. The van der Waals surface area contributed by atoms with Gasteiger partial charge < -0.3 is 10.1 Å². The Labute approximate surface area is 120 Å². The summed E-state index contributed by atoms with van der Waals surface area (Å²) in [5, 5.41) is 3.66. The van der Waals surface area contributed by atoms with Crippen LogP contribution in [0.1, 0.15) is 23.1 Å². The number of hydrogen-bond acceptors (Lipinski definition) is 2. The van der Waals surface area contributed by atoms with Gasteiger partial charge in [0.25, 0.3) is 0 Å². The molecule has 1 aliphatic carbocycles. The van der Waals surface area contributed by atoms with Gasteiger partial charge in [0.15, 0.2) is 0 Å². The zero-order valence-corrected chi connectivity index (χ0v) is 11.9. The van der Waals surface area contributed by atoms with E-state index in [1.807, 2.05) is 0 Å². The summed E-state index contributed by atoms with van der Waals surface area (Å²) in [6.45, 7) is 0.670. The normalized spacial score (nSPS) is 17.6. The van der Waals surface area contributed by atoms with Gasteiger partial charge in [0.2, 0.25) is 0 Å². The molecule has 1 unspecified atom stereocenters. The summed E-state index contributed by atoms with van der Waals surface area (Å²) in [5.74, 6) is 0. The largest absolute Gasteiger partial charge is 0.382 e. The van der Waals surface area contributed by atoms with Gasteiger partial charge in [-0.25, -0.2) is 0 Å². The highest BCUT2D eigenvalue weighted by Crippen LogP contribution is 2.24. The molecule has 0 fully saturated rings. The number of methoxy groups -OCH3 is 1. The van der Waals surface area contributed by atoms with Crippen molar-refractivity contribution in [2.24, 2.45) is 0 Å². The lowest BCUT2D eigenvalue weighted by molar-refractivity contribution is 0.185. The van der Waals surface area contributed by atoms with Crippen LogP contribution >= 0.6 is 0 Å². The molecule has 0 aliphatic heterocycles. The molecule has 104 valence electrons. The Balaban J connectivity index is 1.69. The van der Waals surface area contributed by atoms with E-state index in [0.717, 1.165) is 6.42 Å². The molecule has 0 bridgehead atoms. The molecule has 2 nitrogen and oxygen atoms in total. The number of benzene rings is 2. The lowest BCUT2D eigenvalue weighted by Gasteiger charge is -2.26. The quantitative estimate of drug-likeness (QED) is 0.909. The number of hydrogen-bond donors (Lipinski definition) is 1. The van der Waals surface area contributed by atoms with Gasteiger partial charge in [-0.1, -0.05) is 36.4 Å². The molecule has 20 heavy (non-hydrogen) atoms. The summed E-state index contributed by atoms with van der Waals surface area (Å²) >= 11 is 0. The predicted molar refractivity (Wildman–Crippen MR) is 83.0 cm³/mol. The van der Waals surface area contributed by atoms with Crippen molar-refractivity contribution in [3.05, 3.63) is 65.2 Å². The third-order valence-corrected chi connectivity index (χ3v) is 3.96. The molecule has 1 atom stereocenters. The average Bonchev–Trinajstić information content (AvgIpc) is 2.48. The van der Waals surface area contributed by atoms with Gasteiger partial charge in [0.1, 0.15) is 0 Å². The summed E-state index contributed by atoms with van der Waals surface area (Å²) in [4.78, 5) is 0. The summed E-state index contributed by atoms with van der Waals surface area (Å²) in [5.41, 5.74) is 5.42. The second-order valence-corrected chi connectivity index (χ2v) is 5.49. The van der Waals surface area contributed by atoms with Gasteiger partial charge >= 0.3 is 0 Å². The number of ether oxygens (including phenoxy) is 1. The van der Waals surface area contributed by atoms with Crippen molar-refractivity contribution in [3.63, 3.8) is 0 Å². The maximum absolute atomic E-state index is 5.19. The van der Waals surface area contributed by atoms with Crippen LogP contribution in [0.3, 0.4) is 0 Å². The van der Waals surface area contributed by atoms with Crippen molar-refractivity contribution in [1.29, 1.82) is 0 Å². The number of anilines is 1. The number of fused-ring (bicyclic) bond motifs is 1. The van der Waals surface area contributed by atoms with Crippen LogP contribution in [0.15, 0.2) is 48.5 Å². The van der Waals surface area contributed by atoms with E-state index < -0.39 is 0 Å². The van der Waals surface area contributed by atoms with Gasteiger partial charge in [-0.15, -0.1) is 0 Å². The molecule has 0 aromatic heterocycles. The van der Waals surface area contributed by atoms with E-state index >= 15 is 0 Å². The lowest BCUT2D eigenvalue weighted by atomic mass is 9.88. The van der Waals surface area contributed by atoms with Gasteiger partial charge in [0.05, 0.1) is 6.61 Å². The summed E-state index contributed by atoms with van der Waals surface area (Å²) in [7, 11) is 1.73. The number of aryl methyl sites for hydroxylation is 1. The van der Waals surface area contributed by atoms with Crippen LogP contribution in [-0.4, -0.2) is 13.2 Å².